The first-order valence-corrected chi connectivity index (χ1v) is 20.9. The highest BCUT2D eigenvalue weighted by Crippen LogP contribution is 2.45. The minimum absolute atomic E-state index is 0.0685. The van der Waals surface area contributed by atoms with Gasteiger partial charge in [0.25, 0.3) is 0 Å². The molecule has 0 aromatic heterocycles. The molecule has 0 saturated carbocycles. The molecule has 0 heterocycles. The van der Waals surface area contributed by atoms with Crippen LogP contribution in [0.4, 0.5) is 9.59 Å². The van der Waals surface area contributed by atoms with Gasteiger partial charge in [-0.3, -0.25) is 9.59 Å². The monoisotopic (exact) mass is 828 g/mol. The molecule has 0 aliphatic heterocycles. The lowest BCUT2D eigenvalue weighted by atomic mass is 9.98. The molecule has 62 heavy (non-hydrogen) atoms. The zero-order valence-corrected chi connectivity index (χ0v) is 34.0. The minimum atomic E-state index is -1.07. The van der Waals surface area contributed by atoms with E-state index in [0.717, 1.165) is 55.6 Å². The summed E-state index contributed by atoms with van der Waals surface area (Å²) in [5.74, 6) is -1.44. The predicted octanol–water partition coefficient (Wildman–Crippen LogP) is 6.88. The van der Waals surface area contributed by atoms with Crippen molar-refractivity contribution in [3.63, 3.8) is 0 Å². The summed E-state index contributed by atoms with van der Waals surface area (Å²) in [6.07, 6.45) is -1.21. The number of ether oxygens (including phenoxy) is 2. The highest BCUT2D eigenvalue weighted by molar-refractivity contribution is 5.88. The van der Waals surface area contributed by atoms with E-state index in [-0.39, 0.29) is 44.4 Å². The normalized spacial score (nSPS) is 13.9. The zero-order chi connectivity index (χ0) is 42.8. The number of fused-ring (bicyclic) bond motifs is 6. The average molecular weight is 829 g/mol. The Morgan fingerprint density at radius 2 is 0.823 bits per heavy atom. The Labute approximate surface area is 360 Å². The molecule has 11 nitrogen and oxygen atoms in total. The molecule has 6 aromatic carbocycles. The van der Waals surface area contributed by atoms with E-state index in [1.54, 1.807) is 0 Å². The molecule has 5 N–H and O–H groups in total. The Balaban J connectivity index is 0.893. The molecule has 0 fully saturated rings. The van der Waals surface area contributed by atoms with Crippen LogP contribution in [-0.4, -0.2) is 73.6 Å². The molecule has 8 rings (SSSR count). The third kappa shape index (κ3) is 9.53. The third-order valence-corrected chi connectivity index (χ3v) is 11.6. The van der Waals surface area contributed by atoms with Gasteiger partial charge in [-0.05, 0) is 55.6 Å². The molecule has 11 heteroatoms. The second-order valence-electron chi connectivity index (χ2n) is 15.6. The highest BCUT2D eigenvalue weighted by Gasteiger charge is 2.32. The van der Waals surface area contributed by atoms with Crippen LogP contribution in [0.5, 0.6) is 0 Å². The standard InChI is InChI=1S/C51H48N4O7/c56-30-35(53-49(58)47(28-34-17-5-2-6-18-34)55-51(60)62-32-45-42-25-13-9-21-38(42)39-22-10-14-26-43(39)45)29-52-48(57)46(27-33-15-3-1-4-16-33)54-50(59)61-31-44-40-23-11-7-19-36(40)37-20-8-12-24-41(37)44/h1-26,35,44-47,56H,27-32H2,(H,52,57)(H,53,58)(H,54,59)(H,55,60). The maximum absolute atomic E-state index is 13.9. The van der Waals surface area contributed by atoms with Gasteiger partial charge < -0.3 is 35.8 Å². The Kier molecular flexibility index (Phi) is 13.0. The van der Waals surface area contributed by atoms with Crippen LogP contribution in [0, 0.1) is 0 Å². The van der Waals surface area contributed by atoms with Gasteiger partial charge in [-0.1, -0.05) is 158 Å². The number of carbonyl (C=O) groups excluding carboxylic acids is 4. The number of carbonyl (C=O) groups is 4. The Morgan fingerprint density at radius 3 is 1.21 bits per heavy atom. The van der Waals surface area contributed by atoms with Crippen LogP contribution in [0.15, 0.2) is 158 Å². The maximum atomic E-state index is 13.9. The fourth-order valence-electron chi connectivity index (χ4n) is 8.49. The van der Waals surface area contributed by atoms with E-state index < -0.39 is 48.7 Å². The lowest BCUT2D eigenvalue weighted by Gasteiger charge is -2.24. The number of alkyl carbamates (subject to hydrolysis) is 2. The van der Waals surface area contributed by atoms with E-state index in [1.165, 1.54) is 0 Å². The molecule has 3 unspecified atom stereocenters. The van der Waals surface area contributed by atoms with Gasteiger partial charge in [0.05, 0.1) is 12.6 Å². The van der Waals surface area contributed by atoms with E-state index in [1.807, 2.05) is 133 Å². The lowest BCUT2D eigenvalue weighted by molar-refractivity contribution is -0.125. The van der Waals surface area contributed by atoms with E-state index in [2.05, 4.69) is 45.5 Å². The fraction of sp³-hybridized carbons (Fsp3) is 0.216. The quantitative estimate of drug-likeness (QED) is 0.0713. The van der Waals surface area contributed by atoms with Gasteiger partial charge in [0.1, 0.15) is 25.3 Å². The van der Waals surface area contributed by atoms with Gasteiger partial charge in [-0.2, -0.15) is 0 Å². The van der Waals surface area contributed by atoms with E-state index in [4.69, 9.17) is 9.47 Å². The zero-order valence-electron chi connectivity index (χ0n) is 34.0. The van der Waals surface area contributed by atoms with Crippen molar-refractivity contribution in [1.29, 1.82) is 0 Å². The first-order chi connectivity index (χ1) is 30.4. The van der Waals surface area contributed by atoms with Crippen LogP contribution in [-0.2, 0) is 31.9 Å². The molecule has 2 aliphatic rings. The second-order valence-corrected chi connectivity index (χ2v) is 15.6. The van der Waals surface area contributed by atoms with Crippen molar-refractivity contribution in [2.45, 2.75) is 42.8 Å². The third-order valence-electron chi connectivity index (χ3n) is 11.6. The predicted molar refractivity (Wildman–Crippen MR) is 236 cm³/mol. The number of amides is 4. The first kappa shape index (κ1) is 41.5. The summed E-state index contributed by atoms with van der Waals surface area (Å²) in [7, 11) is 0. The van der Waals surface area contributed by atoms with Gasteiger partial charge in [0, 0.05) is 31.2 Å². The van der Waals surface area contributed by atoms with Gasteiger partial charge in [-0.15, -0.1) is 0 Å². The number of hydrogen-bond donors (Lipinski definition) is 5. The second kappa shape index (κ2) is 19.4. The summed E-state index contributed by atoms with van der Waals surface area (Å²) < 4.78 is 11.5. The molecule has 2 aliphatic carbocycles. The fourth-order valence-corrected chi connectivity index (χ4v) is 8.49. The lowest BCUT2D eigenvalue weighted by Crippen LogP contribution is -2.56. The molecule has 0 radical (unpaired) electrons. The van der Waals surface area contributed by atoms with Crippen LogP contribution in [0.2, 0.25) is 0 Å². The van der Waals surface area contributed by atoms with Crippen LogP contribution < -0.4 is 21.3 Å². The van der Waals surface area contributed by atoms with Crippen LogP contribution in [0.1, 0.15) is 45.2 Å². The molecule has 0 saturated heterocycles. The Morgan fingerprint density at radius 1 is 0.468 bits per heavy atom. The first-order valence-electron chi connectivity index (χ1n) is 20.9. The van der Waals surface area contributed by atoms with Crippen LogP contribution >= 0.6 is 0 Å². The van der Waals surface area contributed by atoms with E-state index >= 15 is 0 Å². The number of hydrogen-bond acceptors (Lipinski definition) is 7. The summed E-state index contributed by atoms with van der Waals surface area (Å²) >= 11 is 0. The molecule has 3 atom stereocenters. The highest BCUT2D eigenvalue weighted by atomic mass is 16.6. The Hall–Kier alpha value is -7.24. The van der Waals surface area contributed by atoms with Crippen molar-refractivity contribution in [3.05, 3.63) is 191 Å². The summed E-state index contributed by atoms with van der Waals surface area (Å²) in [6, 6.07) is 47.6. The molecule has 4 amide bonds. The molecule has 6 aromatic rings. The number of nitrogens with one attached hydrogen (secondary N) is 4. The van der Waals surface area contributed by atoms with Gasteiger partial charge in [0.15, 0.2) is 0 Å². The minimum Gasteiger partial charge on any atom is -0.449 e. The van der Waals surface area contributed by atoms with Crippen molar-refractivity contribution in [3.8, 4) is 22.3 Å². The van der Waals surface area contributed by atoms with Crippen molar-refractivity contribution in [2.75, 3.05) is 26.4 Å². The van der Waals surface area contributed by atoms with Crippen LogP contribution in [0.25, 0.3) is 22.3 Å². The summed E-state index contributed by atoms with van der Waals surface area (Å²) in [5, 5.41) is 21.4. The number of benzene rings is 6. The summed E-state index contributed by atoms with van der Waals surface area (Å²) in [6.45, 7) is -0.536. The maximum Gasteiger partial charge on any atom is 0.407 e. The van der Waals surface area contributed by atoms with Crippen molar-refractivity contribution < 1.29 is 33.8 Å². The van der Waals surface area contributed by atoms with E-state index in [9.17, 15) is 24.3 Å². The average Bonchev–Trinajstić information content (AvgIpc) is 3.81. The molecule has 0 bridgehead atoms. The summed E-state index contributed by atoms with van der Waals surface area (Å²) in [5.41, 5.74) is 10.3. The largest absolute Gasteiger partial charge is 0.449 e. The number of rotatable bonds is 16. The van der Waals surface area contributed by atoms with Gasteiger partial charge in [0.2, 0.25) is 11.8 Å². The topological polar surface area (TPSA) is 155 Å². The van der Waals surface area contributed by atoms with Crippen molar-refractivity contribution in [2.24, 2.45) is 0 Å². The molecular weight excluding hydrogens is 781 g/mol. The van der Waals surface area contributed by atoms with Gasteiger partial charge >= 0.3 is 12.2 Å². The number of aliphatic hydroxyl groups is 1. The number of aliphatic hydroxyl groups excluding tert-OH is 1. The molecule has 314 valence electrons. The van der Waals surface area contributed by atoms with Crippen LogP contribution in [0.3, 0.4) is 0 Å². The smallest absolute Gasteiger partial charge is 0.407 e. The molecule has 0 spiro atoms. The van der Waals surface area contributed by atoms with E-state index in [0.29, 0.717) is 0 Å². The van der Waals surface area contributed by atoms with Gasteiger partial charge in [-0.25, -0.2) is 9.59 Å². The summed E-state index contributed by atoms with van der Waals surface area (Å²) in [4.78, 5) is 54.4. The SMILES string of the molecule is O=C(NC(Cc1ccccc1)C(=O)NCC(CO)NC(=O)C(Cc1ccccc1)NC(=O)OCC1c2ccccc2-c2ccccc21)OCC1c2ccccc2-c2ccccc21. The van der Waals surface area contributed by atoms with Crippen molar-refractivity contribution in [1.82, 2.24) is 21.3 Å². The Bertz CT molecular complexity index is 2440. The molecular formula is C51H48N4O7. The van der Waals surface area contributed by atoms with Crippen molar-refractivity contribution >= 4 is 24.0 Å².